The summed E-state index contributed by atoms with van der Waals surface area (Å²) in [4.78, 5) is 18.1. The van der Waals surface area contributed by atoms with E-state index in [2.05, 4.69) is 4.98 Å². The summed E-state index contributed by atoms with van der Waals surface area (Å²) in [6, 6.07) is 21.6. The minimum absolute atomic E-state index is 0.0508. The standard InChI is InChI=1S/C23H22N2O2/c26-16-7-1-6-15-25-21-14-5-4-13-20(21)24-23(25)22(27)19-12-8-10-17-9-2-3-11-18(17)19/h2-5,8-14,26H,1,6-7,15-16H2. The minimum Gasteiger partial charge on any atom is -0.396 e. The van der Waals surface area contributed by atoms with Crippen LogP contribution in [-0.2, 0) is 6.54 Å². The zero-order valence-corrected chi connectivity index (χ0v) is 15.1. The van der Waals surface area contributed by atoms with Crippen molar-refractivity contribution in [3.05, 3.63) is 78.1 Å². The zero-order valence-electron chi connectivity index (χ0n) is 15.1. The number of aliphatic hydroxyl groups excluding tert-OH is 1. The molecular weight excluding hydrogens is 336 g/mol. The van der Waals surface area contributed by atoms with E-state index in [-0.39, 0.29) is 12.4 Å². The zero-order chi connectivity index (χ0) is 18.6. The number of unbranched alkanes of at least 4 members (excludes halogenated alkanes) is 2. The second-order valence-corrected chi connectivity index (χ2v) is 6.72. The molecule has 0 saturated heterocycles. The number of rotatable bonds is 7. The maximum absolute atomic E-state index is 13.4. The molecule has 1 N–H and O–H groups in total. The maximum atomic E-state index is 13.4. The smallest absolute Gasteiger partial charge is 0.229 e. The summed E-state index contributed by atoms with van der Waals surface area (Å²) in [5.74, 6) is 0.432. The summed E-state index contributed by atoms with van der Waals surface area (Å²) < 4.78 is 2.02. The predicted octanol–water partition coefficient (Wildman–Crippen LogP) is 4.58. The third kappa shape index (κ3) is 3.36. The Balaban J connectivity index is 1.79. The van der Waals surface area contributed by atoms with Crippen molar-refractivity contribution in [3.8, 4) is 0 Å². The average molecular weight is 358 g/mol. The molecule has 1 aromatic heterocycles. The van der Waals surface area contributed by atoms with Crippen LogP contribution < -0.4 is 0 Å². The van der Waals surface area contributed by atoms with Crippen LogP contribution in [0.2, 0.25) is 0 Å². The molecule has 0 amide bonds. The molecule has 0 aliphatic carbocycles. The number of hydrogen-bond donors (Lipinski definition) is 1. The number of fused-ring (bicyclic) bond motifs is 2. The number of carbonyl (C=O) groups is 1. The van der Waals surface area contributed by atoms with E-state index in [0.29, 0.717) is 17.9 Å². The Bertz CT molecular complexity index is 1090. The Hall–Kier alpha value is -2.98. The van der Waals surface area contributed by atoms with Gasteiger partial charge < -0.3 is 9.67 Å². The number of carbonyl (C=O) groups excluding carboxylic acids is 1. The SMILES string of the molecule is O=C(c1cccc2ccccc12)c1nc2ccccc2n1CCCCCO. The first-order chi connectivity index (χ1) is 13.3. The van der Waals surface area contributed by atoms with Gasteiger partial charge in [-0.05, 0) is 42.2 Å². The second-order valence-electron chi connectivity index (χ2n) is 6.72. The van der Waals surface area contributed by atoms with E-state index < -0.39 is 0 Å². The molecule has 0 saturated carbocycles. The van der Waals surface area contributed by atoms with Crippen molar-refractivity contribution in [2.75, 3.05) is 6.61 Å². The third-order valence-corrected chi connectivity index (χ3v) is 4.93. The molecule has 3 aromatic carbocycles. The van der Waals surface area contributed by atoms with Gasteiger partial charge in [-0.2, -0.15) is 0 Å². The first kappa shape index (κ1) is 17.4. The number of aromatic nitrogens is 2. The molecule has 4 rings (SSSR count). The van der Waals surface area contributed by atoms with E-state index in [9.17, 15) is 4.79 Å². The molecule has 0 fully saturated rings. The highest BCUT2D eigenvalue weighted by molar-refractivity contribution is 6.15. The van der Waals surface area contributed by atoms with Crippen LogP contribution in [0.5, 0.6) is 0 Å². The van der Waals surface area contributed by atoms with Crippen molar-refractivity contribution in [1.82, 2.24) is 9.55 Å². The molecular formula is C23H22N2O2. The highest BCUT2D eigenvalue weighted by Gasteiger charge is 2.20. The van der Waals surface area contributed by atoms with E-state index >= 15 is 0 Å². The Morgan fingerprint density at radius 3 is 2.56 bits per heavy atom. The largest absolute Gasteiger partial charge is 0.396 e. The van der Waals surface area contributed by atoms with Gasteiger partial charge >= 0.3 is 0 Å². The lowest BCUT2D eigenvalue weighted by Crippen LogP contribution is -2.12. The molecule has 0 spiro atoms. The molecule has 0 radical (unpaired) electrons. The molecule has 0 aliphatic rings. The number of nitrogens with zero attached hydrogens (tertiary/aromatic N) is 2. The molecule has 136 valence electrons. The number of aliphatic hydroxyl groups is 1. The fourth-order valence-corrected chi connectivity index (χ4v) is 3.58. The second kappa shape index (κ2) is 7.72. The topological polar surface area (TPSA) is 55.1 Å². The van der Waals surface area contributed by atoms with E-state index in [4.69, 9.17) is 5.11 Å². The van der Waals surface area contributed by atoms with Crippen molar-refractivity contribution < 1.29 is 9.90 Å². The summed E-state index contributed by atoms with van der Waals surface area (Å²) in [6.07, 6.45) is 2.60. The number of aryl methyl sites for hydroxylation is 1. The Morgan fingerprint density at radius 1 is 0.889 bits per heavy atom. The number of benzene rings is 3. The lowest BCUT2D eigenvalue weighted by Gasteiger charge is -2.10. The van der Waals surface area contributed by atoms with Gasteiger partial charge in [0.1, 0.15) is 0 Å². The summed E-state index contributed by atoms with van der Waals surface area (Å²) >= 11 is 0. The molecule has 1 heterocycles. The van der Waals surface area contributed by atoms with Crippen molar-refractivity contribution in [2.45, 2.75) is 25.8 Å². The number of hydrogen-bond acceptors (Lipinski definition) is 3. The summed E-state index contributed by atoms with van der Waals surface area (Å²) in [7, 11) is 0. The van der Waals surface area contributed by atoms with Crippen LogP contribution in [0, 0.1) is 0 Å². The van der Waals surface area contributed by atoms with Gasteiger partial charge in [0.05, 0.1) is 11.0 Å². The lowest BCUT2D eigenvalue weighted by molar-refractivity contribution is 0.102. The number of ketones is 1. The van der Waals surface area contributed by atoms with Crippen LogP contribution in [0.4, 0.5) is 0 Å². The van der Waals surface area contributed by atoms with Gasteiger partial charge in [0, 0.05) is 18.7 Å². The van der Waals surface area contributed by atoms with Gasteiger partial charge in [-0.25, -0.2) is 4.98 Å². The first-order valence-electron chi connectivity index (χ1n) is 9.38. The summed E-state index contributed by atoms with van der Waals surface area (Å²) in [5, 5.41) is 11.0. The highest BCUT2D eigenvalue weighted by atomic mass is 16.2. The summed E-state index contributed by atoms with van der Waals surface area (Å²) in [5.41, 5.74) is 2.49. The van der Waals surface area contributed by atoms with E-state index in [1.54, 1.807) is 0 Å². The Kier molecular flexibility index (Phi) is 4.99. The van der Waals surface area contributed by atoms with Crippen LogP contribution in [-0.4, -0.2) is 27.0 Å². The molecule has 27 heavy (non-hydrogen) atoms. The molecule has 0 aliphatic heterocycles. The van der Waals surface area contributed by atoms with E-state index in [1.807, 2.05) is 71.3 Å². The van der Waals surface area contributed by atoms with E-state index in [0.717, 1.165) is 41.1 Å². The van der Waals surface area contributed by atoms with Gasteiger partial charge in [-0.15, -0.1) is 0 Å². The molecule has 4 heteroatoms. The summed E-state index contributed by atoms with van der Waals surface area (Å²) in [6.45, 7) is 0.915. The van der Waals surface area contributed by atoms with Crippen LogP contribution >= 0.6 is 0 Å². The molecule has 0 bridgehead atoms. The molecule has 4 aromatic rings. The molecule has 0 atom stereocenters. The molecule has 0 unspecified atom stereocenters. The predicted molar refractivity (Wildman–Crippen MR) is 108 cm³/mol. The number of imidazole rings is 1. The van der Waals surface area contributed by atoms with Crippen LogP contribution in [0.1, 0.15) is 35.4 Å². The monoisotopic (exact) mass is 358 g/mol. The van der Waals surface area contributed by atoms with Crippen molar-refractivity contribution >= 4 is 27.6 Å². The quantitative estimate of drug-likeness (QED) is 0.388. The fourth-order valence-electron chi connectivity index (χ4n) is 3.58. The van der Waals surface area contributed by atoms with E-state index in [1.165, 1.54) is 0 Å². The first-order valence-corrected chi connectivity index (χ1v) is 9.38. The lowest BCUT2D eigenvalue weighted by atomic mass is 10.0. The fraction of sp³-hybridized carbons (Fsp3) is 0.217. The van der Waals surface area contributed by atoms with Crippen LogP contribution in [0.15, 0.2) is 66.7 Å². The van der Waals surface area contributed by atoms with Crippen molar-refractivity contribution in [1.29, 1.82) is 0 Å². The van der Waals surface area contributed by atoms with Crippen LogP contribution in [0.25, 0.3) is 21.8 Å². The normalized spacial score (nSPS) is 11.3. The maximum Gasteiger partial charge on any atom is 0.229 e. The van der Waals surface area contributed by atoms with Gasteiger partial charge in [-0.1, -0.05) is 54.6 Å². The molecule has 4 nitrogen and oxygen atoms in total. The van der Waals surface area contributed by atoms with Gasteiger partial charge in [0.15, 0.2) is 5.82 Å². The van der Waals surface area contributed by atoms with Gasteiger partial charge in [0.2, 0.25) is 5.78 Å². The minimum atomic E-state index is -0.0508. The number of para-hydroxylation sites is 2. The van der Waals surface area contributed by atoms with Crippen molar-refractivity contribution in [2.24, 2.45) is 0 Å². The third-order valence-electron chi connectivity index (χ3n) is 4.93. The Labute approximate surface area is 158 Å². The van der Waals surface area contributed by atoms with Crippen LogP contribution in [0.3, 0.4) is 0 Å². The van der Waals surface area contributed by atoms with Crippen molar-refractivity contribution in [3.63, 3.8) is 0 Å². The highest BCUT2D eigenvalue weighted by Crippen LogP contribution is 2.24. The van der Waals surface area contributed by atoms with Gasteiger partial charge in [-0.3, -0.25) is 4.79 Å². The van der Waals surface area contributed by atoms with Gasteiger partial charge in [0.25, 0.3) is 0 Å². The average Bonchev–Trinajstić information content (AvgIpc) is 3.09. The Morgan fingerprint density at radius 2 is 1.67 bits per heavy atom.